The van der Waals surface area contributed by atoms with Crippen molar-refractivity contribution < 1.29 is 9.53 Å². The van der Waals surface area contributed by atoms with Gasteiger partial charge in [0, 0.05) is 44.2 Å². The van der Waals surface area contributed by atoms with Crippen LogP contribution in [-0.4, -0.2) is 49.1 Å². The summed E-state index contributed by atoms with van der Waals surface area (Å²) in [6.07, 6.45) is 4.50. The molecule has 6 heteroatoms. The highest BCUT2D eigenvalue weighted by Gasteiger charge is 2.30. The molecule has 0 aliphatic carbocycles. The molecule has 3 heterocycles. The Hall–Kier alpha value is -2.01. The molecule has 2 aliphatic rings. The molecule has 1 aromatic carbocycles. The molecule has 0 bridgehead atoms. The van der Waals surface area contributed by atoms with Gasteiger partial charge in [-0.3, -0.25) is 9.78 Å². The van der Waals surface area contributed by atoms with E-state index in [0.717, 1.165) is 61.4 Å². The SMILES string of the molecule is COc1ccc2ncc(Cl)c(N3CCC(CN4CCCC4=O)C3)c2c1. The van der Waals surface area contributed by atoms with Crippen molar-refractivity contribution in [2.75, 3.05) is 38.2 Å². The average molecular weight is 360 g/mol. The molecule has 2 saturated heterocycles. The Bertz CT molecular complexity index is 811. The lowest BCUT2D eigenvalue weighted by Crippen LogP contribution is -2.32. The van der Waals surface area contributed by atoms with Gasteiger partial charge in [-0.05, 0) is 37.0 Å². The van der Waals surface area contributed by atoms with E-state index < -0.39 is 0 Å². The Morgan fingerprint density at radius 1 is 1.36 bits per heavy atom. The molecule has 0 saturated carbocycles. The minimum absolute atomic E-state index is 0.301. The standard InChI is InChI=1S/C19H22ClN3O2/c1-25-14-4-5-17-15(9-14)19(16(20)10-21-17)23-8-6-13(12-23)11-22-7-2-3-18(22)24/h4-5,9-10,13H,2-3,6-8,11-12H2,1H3. The average Bonchev–Trinajstić information content (AvgIpc) is 3.24. The molecule has 0 spiro atoms. The van der Waals surface area contributed by atoms with Gasteiger partial charge in [0.2, 0.25) is 5.91 Å². The van der Waals surface area contributed by atoms with Gasteiger partial charge in [-0.25, -0.2) is 0 Å². The Balaban J connectivity index is 1.59. The van der Waals surface area contributed by atoms with Crippen LogP contribution in [0.1, 0.15) is 19.3 Å². The number of amides is 1. The molecular formula is C19H22ClN3O2. The van der Waals surface area contributed by atoms with E-state index in [2.05, 4.69) is 9.88 Å². The molecule has 0 N–H and O–H groups in total. The van der Waals surface area contributed by atoms with Crippen LogP contribution in [0.15, 0.2) is 24.4 Å². The summed E-state index contributed by atoms with van der Waals surface area (Å²) in [6.45, 7) is 3.63. The Labute approximate surface area is 152 Å². The molecule has 1 amide bonds. The van der Waals surface area contributed by atoms with Crippen LogP contribution in [-0.2, 0) is 4.79 Å². The maximum Gasteiger partial charge on any atom is 0.222 e. The van der Waals surface area contributed by atoms with E-state index in [0.29, 0.717) is 23.3 Å². The number of halogens is 1. The van der Waals surface area contributed by atoms with Crippen LogP contribution < -0.4 is 9.64 Å². The third-order valence-electron chi connectivity index (χ3n) is 5.25. The van der Waals surface area contributed by atoms with Gasteiger partial charge in [0.15, 0.2) is 0 Å². The van der Waals surface area contributed by atoms with Crippen molar-refractivity contribution in [2.45, 2.75) is 19.3 Å². The van der Waals surface area contributed by atoms with Gasteiger partial charge in [0.05, 0.1) is 23.3 Å². The fraction of sp³-hybridized carbons (Fsp3) is 0.474. The second-order valence-electron chi connectivity index (χ2n) is 6.88. The van der Waals surface area contributed by atoms with Gasteiger partial charge in [0.25, 0.3) is 0 Å². The zero-order valence-corrected chi connectivity index (χ0v) is 15.1. The molecule has 5 nitrogen and oxygen atoms in total. The highest BCUT2D eigenvalue weighted by Crippen LogP contribution is 2.37. The van der Waals surface area contributed by atoms with Crippen LogP contribution in [0.3, 0.4) is 0 Å². The first-order chi connectivity index (χ1) is 12.2. The molecule has 1 aromatic heterocycles. The van der Waals surface area contributed by atoms with Crippen LogP contribution in [0, 0.1) is 5.92 Å². The Morgan fingerprint density at radius 3 is 3.00 bits per heavy atom. The highest BCUT2D eigenvalue weighted by molar-refractivity contribution is 6.34. The summed E-state index contributed by atoms with van der Waals surface area (Å²) in [4.78, 5) is 20.7. The summed E-state index contributed by atoms with van der Waals surface area (Å²) >= 11 is 6.51. The fourth-order valence-electron chi connectivity index (χ4n) is 3.98. The number of nitrogens with zero attached hydrogens (tertiary/aromatic N) is 3. The van der Waals surface area contributed by atoms with Gasteiger partial charge < -0.3 is 14.5 Å². The number of anilines is 1. The lowest BCUT2D eigenvalue weighted by molar-refractivity contribution is -0.128. The monoisotopic (exact) mass is 359 g/mol. The van der Waals surface area contributed by atoms with Crippen molar-refractivity contribution in [3.8, 4) is 5.75 Å². The molecule has 132 valence electrons. The normalized spacial score (nSPS) is 20.7. The molecule has 1 unspecified atom stereocenters. The molecule has 2 aromatic rings. The molecule has 2 fully saturated rings. The van der Waals surface area contributed by atoms with Crippen molar-refractivity contribution in [1.82, 2.24) is 9.88 Å². The lowest BCUT2D eigenvalue weighted by Gasteiger charge is -2.24. The first kappa shape index (κ1) is 16.5. The maximum atomic E-state index is 11.9. The number of rotatable bonds is 4. The van der Waals surface area contributed by atoms with Gasteiger partial charge in [-0.2, -0.15) is 0 Å². The van der Waals surface area contributed by atoms with E-state index in [1.54, 1.807) is 13.3 Å². The van der Waals surface area contributed by atoms with Gasteiger partial charge >= 0.3 is 0 Å². The summed E-state index contributed by atoms with van der Waals surface area (Å²) in [5, 5.41) is 1.68. The number of aromatic nitrogens is 1. The first-order valence-electron chi connectivity index (χ1n) is 8.80. The van der Waals surface area contributed by atoms with E-state index in [1.165, 1.54) is 0 Å². The number of fused-ring (bicyclic) bond motifs is 1. The molecule has 1 atom stereocenters. The number of likely N-dealkylation sites (tertiary alicyclic amines) is 1. The third kappa shape index (κ3) is 3.13. The van der Waals surface area contributed by atoms with Crippen LogP contribution in [0.2, 0.25) is 5.02 Å². The number of ether oxygens (including phenoxy) is 1. The van der Waals surface area contributed by atoms with Gasteiger partial charge in [-0.15, -0.1) is 0 Å². The van der Waals surface area contributed by atoms with Crippen LogP contribution >= 0.6 is 11.6 Å². The van der Waals surface area contributed by atoms with E-state index in [4.69, 9.17) is 16.3 Å². The van der Waals surface area contributed by atoms with Crippen molar-refractivity contribution >= 4 is 34.1 Å². The molecular weight excluding hydrogens is 338 g/mol. The van der Waals surface area contributed by atoms with E-state index in [1.807, 2.05) is 23.1 Å². The molecule has 0 radical (unpaired) electrons. The number of pyridine rings is 1. The minimum atomic E-state index is 0.301. The predicted octanol–water partition coefficient (Wildman–Crippen LogP) is 3.35. The zero-order chi connectivity index (χ0) is 17.4. The number of hydrogen-bond donors (Lipinski definition) is 0. The van der Waals surface area contributed by atoms with Crippen LogP contribution in [0.25, 0.3) is 10.9 Å². The maximum absolute atomic E-state index is 11.9. The summed E-state index contributed by atoms with van der Waals surface area (Å²) in [6, 6.07) is 5.88. The van der Waals surface area contributed by atoms with E-state index in [-0.39, 0.29) is 0 Å². The molecule has 4 rings (SSSR count). The minimum Gasteiger partial charge on any atom is -0.497 e. The lowest BCUT2D eigenvalue weighted by atomic mass is 10.1. The van der Waals surface area contributed by atoms with Gasteiger partial charge in [0.1, 0.15) is 5.75 Å². The number of methoxy groups -OCH3 is 1. The smallest absolute Gasteiger partial charge is 0.222 e. The quantitative estimate of drug-likeness (QED) is 0.839. The topological polar surface area (TPSA) is 45.7 Å². The van der Waals surface area contributed by atoms with Crippen LogP contribution in [0.5, 0.6) is 5.75 Å². The van der Waals surface area contributed by atoms with Crippen molar-refractivity contribution in [2.24, 2.45) is 5.92 Å². The summed E-state index contributed by atoms with van der Waals surface area (Å²) < 4.78 is 5.37. The Morgan fingerprint density at radius 2 is 2.24 bits per heavy atom. The molecule has 2 aliphatic heterocycles. The third-order valence-corrected chi connectivity index (χ3v) is 5.53. The van der Waals surface area contributed by atoms with Gasteiger partial charge in [-0.1, -0.05) is 11.6 Å². The van der Waals surface area contributed by atoms with E-state index >= 15 is 0 Å². The predicted molar refractivity (Wildman–Crippen MR) is 99.4 cm³/mol. The molecule has 25 heavy (non-hydrogen) atoms. The highest BCUT2D eigenvalue weighted by atomic mass is 35.5. The number of carbonyl (C=O) groups excluding carboxylic acids is 1. The fourth-order valence-corrected chi connectivity index (χ4v) is 4.25. The van der Waals surface area contributed by atoms with Crippen LogP contribution in [0.4, 0.5) is 5.69 Å². The summed E-state index contributed by atoms with van der Waals surface area (Å²) in [7, 11) is 1.66. The number of hydrogen-bond acceptors (Lipinski definition) is 4. The summed E-state index contributed by atoms with van der Waals surface area (Å²) in [5.41, 5.74) is 1.94. The second kappa shape index (κ2) is 6.71. The van der Waals surface area contributed by atoms with E-state index in [9.17, 15) is 4.79 Å². The second-order valence-corrected chi connectivity index (χ2v) is 7.29. The number of carbonyl (C=O) groups is 1. The van der Waals surface area contributed by atoms with Crippen molar-refractivity contribution in [1.29, 1.82) is 0 Å². The summed E-state index contributed by atoms with van der Waals surface area (Å²) in [5.74, 6) is 1.60. The first-order valence-corrected chi connectivity index (χ1v) is 9.18. The largest absolute Gasteiger partial charge is 0.497 e. The number of benzene rings is 1. The van der Waals surface area contributed by atoms with Crippen molar-refractivity contribution in [3.05, 3.63) is 29.4 Å². The van der Waals surface area contributed by atoms with Crippen molar-refractivity contribution in [3.63, 3.8) is 0 Å². The zero-order valence-electron chi connectivity index (χ0n) is 14.4. The Kier molecular flexibility index (Phi) is 4.42.